The Morgan fingerprint density at radius 1 is 0.852 bits per heavy atom. The van der Waals surface area contributed by atoms with Crippen LogP contribution in [0.4, 0.5) is 0 Å². The van der Waals surface area contributed by atoms with Gasteiger partial charge in [0, 0.05) is 10.7 Å². The van der Waals surface area contributed by atoms with Crippen molar-refractivity contribution in [2.45, 2.75) is 16.7 Å². The number of sulfone groups is 1. The van der Waals surface area contributed by atoms with Gasteiger partial charge in [0.25, 0.3) is 9.05 Å². The quantitative estimate of drug-likeness (QED) is 0.683. The molecule has 0 saturated heterocycles. The van der Waals surface area contributed by atoms with E-state index < -0.39 is 30.8 Å². The summed E-state index contributed by atoms with van der Waals surface area (Å²) >= 11 is 0. The molecule has 2 aromatic rings. The van der Waals surface area contributed by atoms with Gasteiger partial charge in [-0.2, -0.15) is 0 Å². The van der Waals surface area contributed by atoms with Crippen molar-refractivity contribution >= 4 is 41.5 Å². The molecule has 0 unspecified atom stereocenters. The summed E-state index contributed by atoms with van der Waals surface area (Å²) < 4.78 is 44.3. The molecule has 0 spiro atoms. The number of carboxylic acid groups (broad SMARTS) is 2. The molecule has 0 aromatic heterocycles. The molecule has 146 valence electrons. The molecule has 0 fully saturated rings. The van der Waals surface area contributed by atoms with Crippen molar-refractivity contribution in [3.8, 4) is 0 Å². The van der Waals surface area contributed by atoms with Gasteiger partial charge in [-0.25, -0.2) is 26.4 Å². The first-order valence-corrected chi connectivity index (χ1v) is 11.2. The van der Waals surface area contributed by atoms with Gasteiger partial charge in [-0.3, -0.25) is 0 Å². The maximum absolute atomic E-state index is 11.4. The molecule has 0 saturated carbocycles. The Balaban J connectivity index is 0.000000271. The van der Waals surface area contributed by atoms with Gasteiger partial charge in [0.2, 0.25) is 0 Å². The van der Waals surface area contributed by atoms with Crippen LogP contribution in [0.1, 0.15) is 27.6 Å². The van der Waals surface area contributed by atoms with E-state index in [2.05, 4.69) is 0 Å². The zero-order valence-corrected chi connectivity index (χ0v) is 16.3. The Kier molecular flexibility index (Phi) is 7.52. The largest absolute Gasteiger partial charge is 0.478 e. The summed E-state index contributed by atoms with van der Waals surface area (Å²) in [5, 5.41) is 17.2. The molecule has 27 heavy (non-hydrogen) atoms. The molecule has 0 amide bonds. The van der Waals surface area contributed by atoms with Crippen LogP contribution in [0.2, 0.25) is 0 Å². The standard InChI is InChI=1S/C9H10O4S.C7H5ClO4S/c1-2-14(12,13)8-5-3-4-7(6-8)9(10)11;8-13(11,12)6-3-1-2-5(4-6)7(9)10/h3-6H,2H2,1H3,(H,10,11);1-4H,(H,9,10). The summed E-state index contributed by atoms with van der Waals surface area (Å²) in [4.78, 5) is 20.9. The highest BCUT2D eigenvalue weighted by molar-refractivity contribution is 8.13. The number of hydrogen-bond donors (Lipinski definition) is 2. The number of rotatable bonds is 5. The Morgan fingerprint density at radius 2 is 1.26 bits per heavy atom. The summed E-state index contributed by atoms with van der Waals surface area (Å²) in [6.45, 7) is 1.52. The number of benzene rings is 2. The van der Waals surface area contributed by atoms with E-state index in [1.165, 1.54) is 49.4 Å². The number of aromatic carboxylic acids is 2. The lowest BCUT2D eigenvalue weighted by molar-refractivity contribution is 0.0685. The monoisotopic (exact) mass is 434 g/mol. The van der Waals surface area contributed by atoms with Crippen LogP contribution >= 0.6 is 10.7 Å². The molecule has 0 aliphatic carbocycles. The maximum atomic E-state index is 11.4. The van der Waals surface area contributed by atoms with Gasteiger partial charge in [-0.15, -0.1) is 0 Å². The molecule has 2 rings (SSSR count). The van der Waals surface area contributed by atoms with Crippen LogP contribution in [0.25, 0.3) is 0 Å². The van der Waals surface area contributed by atoms with Crippen molar-refractivity contribution in [2.24, 2.45) is 0 Å². The number of carbonyl (C=O) groups is 2. The zero-order chi connectivity index (χ0) is 20.8. The summed E-state index contributed by atoms with van der Waals surface area (Å²) in [7, 11) is -2.15. The van der Waals surface area contributed by atoms with Crippen molar-refractivity contribution in [1.82, 2.24) is 0 Å². The number of hydrogen-bond acceptors (Lipinski definition) is 6. The molecule has 0 aliphatic rings. The first-order chi connectivity index (χ1) is 12.4. The molecule has 2 aromatic carbocycles. The highest BCUT2D eigenvalue weighted by atomic mass is 35.7. The Morgan fingerprint density at radius 3 is 1.63 bits per heavy atom. The summed E-state index contributed by atoms with van der Waals surface area (Å²) in [6.07, 6.45) is 0. The second-order valence-electron chi connectivity index (χ2n) is 5.01. The van der Waals surface area contributed by atoms with Crippen LogP contribution < -0.4 is 0 Å². The topological polar surface area (TPSA) is 143 Å². The molecule has 2 N–H and O–H groups in total. The molecule has 8 nitrogen and oxygen atoms in total. The highest BCUT2D eigenvalue weighted by Crippen LogP contribution is 2.16. The zero-order valence-electron chi connectivity index (χ0n) is 13.9. The van der Waals surface area contributed by atoms with Crippen molar-refractivity contribution in [1.29, 1.82) is 0 Å². The maximum Gasteiger partial charge on any atom is 0.335 e. The minimum atomic E-state index is -3.85. The third-order valence-electron chi connectivity index (χ3n) is 3.18. The van der Waals surface area contributed by atoms with Gasteiger partial charge < -0.3 is 10.2 Å². The van der Waals surface area contributed by atoms with Crippen molar-refractivity contribution in [3.63, 3.8) is 0 Å². The fourth-order valence-electron chi connectivity index (χ4n) is 1.77. The summed E-state index contributed by atoms with van der Waals surface area (Å²) in [6, 6.07) is 10.2. The molecule has 0 radical (unpaired) electrons. The third kappa shape index (κ3) is 6.66. The van der Waals surface area contributed by atoms with Crippen LogP contribution in [0.5, 0.6) is 0 Å². The number of halogens is 1. The molecule has 11 heteroatoms. The minimum absolute atomic E-state index is 0.0143. The van der Waals surface area contributed by atoms with Crippen LogP contribution in [0.3, 0.4) is 0 Å². The highest BCUT2D eigenvalue weighted by Gasteiger charge is 2.13. The Bertz CT molecular complexity index is 1060. The van der Waals surface area contributed by atoms with E-state index in [4.69, 9.17) is 20.9 Å². The van der Waals surface area contributed by atoms with Gasteiger partial charge >= 0.3 is 11.9 Å². The van der Waals surface area contributed by atoms with Crippen molar-refractivity contribution in [3.05, 3.63) is 59.7 Å². The van der Waals surface area contributed by atoms with Gasteiger partial charge in [-0.05, 0) is 36.4 Å². The minimum Gasteiger partial charge on any atom is -0.478 e. The normalized spacial score (nSPS) is 11.2. The first kappa shape index (κ1) is 22.6. The van der Waals surface area contributed by atoms with E-state index in [1.54, 1.807) is 0 Å². The van der Waals surface area contributed by atoms with E-state index >= 15 is 0 Å². The van der Waals surface area contributed by atoms with Crippen molar-refractivity contribution in [2.75, 3.05) is 5.75 Å². The molecule has 0 aliphatic heterocycles. The average Bonchev–Trinajstić information content (AvgIpc) is 2.61. The predicted molar refractivity (Wildman–Crippen MR) is 97.6 cm³/mol. The lowest BCUT2D eigenvalue weighted by Gasteiger charge is -2.01. The summed E-state index contributed by atoms with van der Waals surface area (Å²) in [5.41, 5.74) is -0.124. The first-order valence-electron chi connectivity index (χ1n) is 7.22. The molecule has 0 bridgehead atoms. The van der Waals surface area contributed by atoms with Crippen LogP contribution in [0, 0.1) is 0 Å². The molecule has 0 heterocycles. The van der Waals surface area contributed by atoms with E-state index in [9.17, 15) is 26.4 Å². The lowest BCUT2D eigenvalue weighted by Crippen LogP contribution is -2.05. The van der Waals surface area contributed by atoms with E-state index in [0.29, 0.717) is 0 Å². The average molecular weight is 435 g/mol. The lowest BCUT2D eigenvalue weighted by atomic mass is 10.2. The van der Waals surface area contributed by atoms with Crippen LogP contribution in [-0.4, -0.2) is 44.7 Å². The van der Waals surface area contributed by atoms with Gasteiger partial charge in [0.15, 0.2) is 9.84 Å². The second kappa shape index (κ2) is 8.98. The fourth-order valence-corrected chi connectivity index (χ4v) is 3.49. The summed E-state index contributed by atoms with van der Waals surface area (Å²) in [5.74, 6) is -2.35. The SMILES string of the molecule is CCS(=O)(=O)c1cccc(C(=O)O)c1.O=C(O)c1cccc(S(=O)(=O)Cl)c1. The van der Waals surface area contributed by atoms with Crippen LogP contribution in [-0.2, 0) is 18.9 Å². The Labute approximate surface area is 160 Å². The van der Waals surface area contributed by atoms with Crippen molar-refractivity contribution < 1.29 is 36.6 Å². The smallest absolute Gasteiger partial charge is 0.335 e. The second-order valence-corrected chi connectivity index (χ2v) is 9.85. The molecular formula is C16H15ClO8S2. The molecular weight excluding hydrogens is 420 g/mol. The Hall–Kier alpha value is -2.43. The molecule has 0 atom stereocenters. The van der Waals surface area contributed by atoms with Gasteiger partial charge in [-0.1, -0.05) is 19.1 Å². The number of carboxylic acids is 2. The van der Waals surface area contributed by atoms with E-state index in [1.807, 2.05) is 0 Å². The van der Waals surface area contributed by atoms with Gasteiger partial charge in [0.1, 0.15) is 0 Å². The van der Waals surface area contributed by atoms with E-state index in [-0.39, 0.29) is 26.7 Å². The fraction of sp³-hybridized carbons (Fsp3) is 0.125. The van der Waals surface area contributed by atoms with Gasteiger partial charge in [0.05, 0.1) is 26.7 Å². The van der Waals surface area contributed by atoms with E-state index in [0.717, 1.165) is 6.07 Å². The van der Waals surface area contributed by atoms with Crippen LogP contribution in [0.15, 0.2) is 58.3 Å². The third-order valence-corrected chi connectivity index (χ3v) is 6.27. The predicted octanol–water partition coefficient (Wildman–Crippen LogP) is 2.49.